The summed E-state index contributed by atoms with van der Waals surface area (Å²) in [4.78, 5) is 7.65. The highest BCUT2D eigenvalue weighted by Gasteiger charge is 2.30. The molecular weight excluding hydrogens is 273 g/mol. The SMILES string of the molecule is CCCNc1nc(N)n(-c2ccc(C(F)(F)F)cn2)n1. The van der Waals surface area contributed by atoms with Gasteiger partial charge < -0.3 is 11.1 Å². The Morgan fingerprint density at radius 2 is 2.10 bits per heavy atom. The maximum Gasteiger partial charge on any atom is 0.417 e. The van der Waals surface area contributed by atoms with Crippen molar-refractivity contribution in [2.45, 2.75) is 19.5 Å². The van der Waals surface area contributed by atoms with Crippen LogP contribution in [0.2, 0.25) is 0 Å². The first-order chi connectivity index (χ1) is 9.41. The van der Waals surface area contributed by atoms with E-state index in [1.54, 1.807) is 0 Å². The fourth-order valence-corrected chi connectivity index (χ4v) is 1.48. The number of rotatable bonds is 4. The van der Waals surface area contributed by atoms with Gasteiger partial charge in [-0.1, -0.05) is 6.92 Å². The molecule has 0 spiro atoms. The molecule has 2 aromatic rings. The molecule has 0 aromatic carbocycles. The first kappa shape index (κ1) is 14.1. The second-order valence-electron chi connectivity index (χ2n) is 4.04. The molecule has 2 heterocycles. The number of nitrogens with one attached hydrogen (secondary N) is 1. The van der Waals surface area contributed by atoms with Crippen LogP contribution < -0.4 is 11.1 Å². The van der Waals surface area contributed by atoms with Crippen molar-refractivity contribution in [2.75, 3.05) is 17.6 Å². The molecule has 0 bridgehead atoms. The third-order valence-electron chi connectivity index (χ3n) is 2.46. The monoisotopic (exact) mass is 286 g/mol. The molecule has 0 radical (unpaired) electrons. The zero-order valence-electron chi connectivity index (χ0n) is 10.6. The van der Waals surface area contributed by atoms with Crippen molar-refractivity contribution in [3.8, 4) is 5.82 Å². The van der Waals surface area contributed by atoms with Crippen LogP contribution in [0.4, 0.5) is 25.1 Å². The van der Waals surface area contributed by atoms with E-state index in [0.29, 0.717) is 12.5 Å². The molecular formula is C11H13F3N6. The number of aromatic nitrogens is 4. The highest BCUT2D eigenvalue weighted by Crippen LogP contribution is 2.28. The largest absolute Gasteiger partial charge is 0.417 e. The topological polar surface area (TPSA) is 81.6 Å². The Balaban J connectivity index is 2.25. The summed E-state index contributed by atoms with van der Waals surface area (Å²) in [6.07, 6.45) is -2.81. The summed E-state index contributed by atoms with van der Waals surface area (Å²) in [5, 5.41) is 6.97. The lowest BCUT2D eigenvalue weighted by Gasteiger charge is -2.06. The van der Waals surface area contributed by atoms with Gasteiger partial charge in [-0.15, -0.1) is 5.10 Å². The lowest BCUT2D eigenvalue weighted by Crippen LogP contribution is -2.09. The van der Waals surface area contributed by atoms with Crippen LogP contribution in [-0.4, -0.2) is 26.3 Å². The van der Waals surface area contributed by atoms with E-state index < -0.39 is 11.7 Å². The Morgan fingerprint density at radius 3 is 2.65 bits per heavy atom. The Labute approximate surface area is 112 Å². The number of alkyl halides is 3. The number of anilines is 2. The van der Waals surface area contributed by atoms with Gasteiger partial charge in [0.25, 0.3) is 0 Å². The van der Waals surface area contributed by atoms with Gasteiger partial charge in [0.1, 0.15) is 0 Å². The van der Waals surface area contributed by atoms with Crippen LogP contribution in [0.1, 0.15) is 18.9 Å². The van der Waals surface area contributed by atoms with Crippen molar-refractivity contribution in [1.82, 2.24) is 19.7 Å². The van der Waals surface area contributed by atoms with Crippen molar-refractivity contribution in [1.29, 1.82) is 0 Å². The van der Waals surface area contributed by atoms with Gasteiger partial charge in [-0.25, -0.2) is 4.98 Å². The number of nitrogen functional groups attached to an aromatic ring is 1. The molecule has 0 fully saturated rings. The van der Waals surface area contributed by atoms with Gasteiger partial charge in [-0.3, -0.25) is 0 Å². The number of pyridine rings is 1. The number of halogens is 3. The Bertz CT molecular complexity index is 575. The standard InChI is InChI=1S/C11H13F3N6/c1-2-5-16-10-18-9(15)20(19-10)8-4-3-7(6-17-8)11(12,13)14/h3-4,6H,2,5H2,1H3,(H3,15,16,18,19). The van der Waals surface area contributed by atoms with Crippen LogP contribution >= 0.6 is 0 Å². The van der Waals surface area contributed by atoms with E-state index in [-0.39, 0.29) is 11.8 Å². The van der Waals surface area contributed by atoms with Crippen molar-refractivity contribution in [3.05, 3.63) is 23.9 Å². The van der Waals surface area contributed by atoms with E-state index in [1.807, 2.05) is 6.92 Å². The molecule has 0 saturated carbocycles. The summed E-state index contributed by atoms with van der Waals surface area (Å²) in [6.45, 7) is 2.65. The minimum absolute atomic E-state index is 0.0517. The van der Waals surface area contributed by atoms with Crippen LogP contribution in [0, 0.1) is 0 Å². The maximum atomic E-state index is 12.4. The smallest absolute Gasteiger partial charge is 0.368 e. The van der Waals surface area contributed by atoms with E-state index in [4.69, 9.17) is 5.73 Å². The van der Waals surface area contributed by atoms with E-state index in [0.717, 1.165) is 18.7 Å². The molecule has 2 aromatic heterocycles. The summed E-state index contributed by atoms with van der Waals surface area (Å²) in [7, 11) is 0. The Hall–Kier alpha value is -2.32. The maximum absolute atomic E-state index is 12.4. The molecule has 0 aliphatic rings. The van der Waals surface area contributed by atoms with E-state index in [9.17, 15) is 13.2 Å². The predicted molar refractivity (Wildman–Crippen MR) is 67.3 cm³/mol. The average molecular weight is 286 g/mol. The summed E-state index contributed by atoms with van der Waals surface area (Å²) < 4.78 is 38.5. The molecule has 0 aliphatic carbocycles. The van der Waals surface area contributed by atoms with Crippen molar-refractivity contribution in [3.63, 3.8) is 0 Å². The zero-order chi connectivity index (χ0) is 14.8. The summed E-state index contributed by atoms with van der Waals surface area (Å²) in [6, 6.07) is 2.11. The summed E-state index contributed by atoms with van der Waals surface area (Å²) in [5.41, 5.74) is 4.83. The van der Waals surface area contributed by atoms with Crippen LogP contribution in [0.25, 0.3) is 5.82 Å². The van der Waals surface area contributed by atoms with Gasteiger partial charge in [0.05, 0.1) is 5.56 Å². The molecule has 0 atom stereocenters. The van der Waals surface area contributed by atoms with Gasteiger partial charge in [-0.05, 0) is 18.6 Å². The minimum atomic E-state index is -4.42. The average Bonchev–Trinajstić information content (AvgIpc) is 2.77. The molecule has 9 heteroatoms. The van der Waals surface area contributed by atoms with E-state index in [2.05, 4.69) is 20.4 Å². The number of nitrogens with two attached hydrogens (primary N) is 1. The van der Waals surface area contributed by atoms with Gasteiger partial charge in [0.2, 0.25) is 11.9 Å². The second-order valence-corrected chi connectivity index (χ2v) is 4.04. The quantitative estimate of drug-likeness (QED) is 0.899. The second kappa shape index (κ2) is 5.35. The normalized spacial score (nSPS) is 11.6. The lowest BCUT2D eigenvalue weighted by molar-refractivity contribution is -0.137. The van der Waals surface area contributed by atoms with Gasteiger partial charge in [0, 0.05) is 12.7 Å². The summed E-state index contributed by atoms with van der Waals surface area (Å²) in [5.74, 6) is 0.537. The first-order valence-corrected chi connectivity index (χ1v) is 5.92. The molecule has 0 amide bonds. The van der Waals surface area contributed by atoms with Gasteiger partial charge in [-0.2, -0.15) is 22.8 Å². The first-order valence-electron chi connectivity index (χ1n) is 5.92. The Morgan fingerprint density at radius 1 is 1.35 bits per heavy atom. The number of hydrogen-bond donors (Lipinski definition) is 2. The summed E-state index contributed by atoms with van der Waals surface area (Å²) >= 11 is 0. The third kappa shape index (κ3) is 2.98. The van der Waals surface area contributed by atoms with Gasteiger partial charge in [0.15, 0.2) is 5.82 Å². The molecule has 2 rings (SSSR count). The lowest BCUT2D eigenvalue weighted by atomic mass is 10.3. The molecule has 108 valence electrons. The molecule has 0 saturated heterocycles. The third-order valence-corrected chi connectivity index (χ3v) is 2.46. The molecule has 3 N–H and O–H groups in total. The molecule has 20 heavy (non-hydrogen) atoms. The minimum Gasteiger partial charge on any atom is -0.368 e. The van der Waals surface area contributed by atoms with E-state index in [1.165, 1.54) is 10.7 Å². The zero-order valence-corrected chi connectivity index (χ0v) is 10.6. The molecule has 0 unspecified atom stereocenters. The Kier molecular flexibility index (Phi) is 3.77. The van der Waals surface area contributed by atoms with Crippen molar-refractivity contribution in [2.24, 2.45) is 0 Å². The fraction of sp³-hybridized carbons (Fsp3) is 0.364. The number of nitrogens with zero attached hydrogens (tertiary/aromatic N) is 4. The fourth-order valence-electron chi connectivity index (χ4n) is 1.48. The predicted octanol–water partition coefficient (Wildman–Crippen LogP) is 2.09. The number of hydrogen-bond acceptors (Lipinski definition) is 5. The van der Waals surface area contributed by atoms with Crippen LogP contribution in [-0.2, 0) is 6.18 Å². The van der Waals surface area contributed by atoms with E-state index >= 15 is 0 Å². The van der Waals surface area contributed by atoms with Crippen LogP contribution in [0.15, 0.2) is 18.3 Å². The van der Waals surface area contributed by atoms with Crippen LogP contribution in [0.3, 0.4) is 0 Å². The van der Waals surface area contributed by atoms with Crippen molar-refractivity contribution < 1.29 is 13.2 Å². The highest BCUT2D eigenvalue weighted by molar-refractivity contribution is 5.38. The highest BCUT2D eigenvalue weighted by atomic mass is 19.4. The van der Waals surface area contributed by atoms with Crippen LogP contribution in [0.5, 0.6) is 0 Å². The van der Waals surface area contributed by atoms with Crippen molar-refractivity contribution >= 4 is 11.9 Å². The molecule has 6 nitrogen and oxygen atoms in total. The van der Waals surface area contributed by atoms with Gasteiger partial charge >= 0.3 is 6.18 Å². The molecule has 0 aliphatic heterocycles.